The molecule has 2 aromatic rings. The molecular weight excluding hydrogens is 198 g/mol. The van der Waals surface area contributed by atoms with Gasteiger partial charge in [-0.1, -0.05) is 12.1 Å². The van der Waals surface area contributed by atoms with Crippen LogP contribution < -0.4 is 0 Å². The van der Waals surface area contributed by atoms with Crippen molar-refractivity contribution in [2.24, 2.45) is 4.99 Å². The summed E-state index contributed by atoms with van der Waals surface area (Å²) in [6, 6.07) is 11.7. The number of rotatable bonds is 3. The highest BCUT2D eigenvalue weighted by molar-refractivity contribution is 5.76. The summed E-state index contributed by atoms with van der Waals surface area (Å²) in [7, 11) is 0. The molecule has 0 aliphatic carbocycles. The monoisotopic (exact) mass is 211 g/mol. The number of aromatic nitrogens is 2. The summed E-state index contributed by atoms with van der Waals surface area (Å²) >= 11 is 0. The van der Waals surface area contributed by atoms with Crippen LogP contribution in [-0.4, -0.2) is 16.2 Å². The number of hydrogen-bond donors (Lipinski definition) is 0. The fraction of sp³-hybridized carbons (Fsp3) is 0.154. The summed E-state index contributed by atoms with van der Waals surface area (Å²) in [5, 5.41) is 0. The van der Waals surface area contributed by atoms with Gasteiger partial charge in [-0.25, -0.2) is 0 Å². The third-order valence-corrected chi connectivity index (χ3v) is 2.23. The lowest BCUT2D eigenvalue weighted by molar-refractivity contribution is 0.787. The lowest BCUT2D eigenvalue weighted by Gasteiger charge is -2.03. The van der Waals surface area contributed by atoms with E-state index in [1.807, 2.05) is 43.3 Å². The van der Waals surface area contributed by atoms with E-state index in [1.165, 1.54) is 0 Å². The molecule has 0 bridgehead atoms. The Morgan fingerprint density at radius 1 is 1.06 bits per heavy atom. The third kappa shape index (κ3) is 2.73. The van der Waals surface area contributed by atoms with Crippen LogP contribution in [0.15, 0.2) is 53.8 Å². The van der Waals surface area contributed by atoms with Crippen LogP contribution in [0, 0.1) is 0 Å². The molecule has 80 valence electrons. The first kappa shape index (κ1) is 10.5. The van der Waals surface area contributed by atoms with Crippen LogP contribution in [0.2, 0.25) is 0 Å². The second-order valence-corrected chi connectivity index (χ2v) is 3.46. The lowest BCUT2D eigenvalue weighted by Crippen LogP contribution is -1.94. The molecule has 3 heteroatoms. The average molecular weight is 211 g/mol. The van der Waals surface area contributed by atoms with Crippen LogP contribution in [0.1, 0.15) is 24.4 Å². The zero-order chi connectivity index (χ0) is 11.2. The molecule has 2 aromatic heterocycles. The first-order valence-electron chi connectivity index (χ1n) is 5.21. The van der Waals surface area contributed by atoms with Gasteiger partial charge >= 0.3 is 0 Å². The van der Waals surface area contributed by atoms with Crippen molar-refractivity contribution in [3.05, 3.63) is 60.2 Å². The van der Waals surface area contributed by atoms with Gasteiger partial charge in [-0.2, -0.15) is 0 Å². The molecule has 2 heterocycles. The Morgan fingerprint density at radius 3 is 2.44 bits per heavy atom. The standard InChI is InChI=1S/C13H13N3/c1-11(13-7-3-5-9-15-13)16-10-12-6-2-4-8-14-12/h2-11H,1H3/t11-/m0/s1. The second-order valence-electron chi connectivity index (χ2n) is 3.46. The Morgan fingerprint density at radius 2 is 1.81 bits per heavy atom. The molecule has 0 aliphatic rings. The largest absolute Gasteiger partial charge is 0.282 e. The van der Waals surface area contributed by atoms with Crippen molar-refractivity contribution in [1.82, 2.24) is 9.97 Å². The predicted octanol–water partition coefficient (Wildman–Crippen LogP) is 2.66. The molecule has 1 atom stereocenters. The number of pyridine rings is 2. The van der Waals surface area contributed by atoms with Gasteiger partial charge in [-0.15, -0.1) is 0 Å². The summed E-state index contributed by atoms with van der Waals surface area (Å²) in [5.41, 5.74) is 1.83. The highest BCUT2D eigenvalue weighted by Crippen LogP contribution is 2.12. The lowest BCUT2D eigenvalue weighted by atomic mass is 10.2. The number of nitrogens with zero attached hydrogens (tertiary/aromatic N) is 3. The topological polar surface area (TPSA) is 38.1 Å². The molecule has 0 amide bonds. The normalized spacial score (nSPS) is 12.8. The fourth-order valence-corrected chi connectivity index (χ4v) is 1.34. The van der Waals surface area contributed by atoms with Gasteiger partial charge in [-0.05, 0) is 31.2 Å². The van der Waals surface area contributed by atoms with Crippen molar-refractivity contribution < 1.29 is 0 Å². The van der Waals surface area contributed by atoms with Gasteiger partial charge in [0.15, 0.2) is 0 Å². The van der Waals surface area contributed by atoms with Gasteiger partial charge in [0.25, 0.3) is 0 Å². The van der Waals surface area contributed by atoms with Crippen LogP contribution >= 0.6 is 0 Å². The molecule has 16 heavy (non-hydrogen) atoms. The van der Waals surface area contributed by atoms with E-state index in [2.05, 4.69) is 15.0 Å². The Labute approximate surface area is 94.9 Å². The maximum atomic E-state index is 4.41. The highest BCUT2D eigenvalue weighted by atomic mass is 14.8. The molecule has 0 aromatic carbocycles. The SMILES string of the molecule is C[C@H](N=Cc1ccccn1)c1ccccn1. The minimum absolute atomic E-state index is 0.0585. The van der Waals surface area contributed by atoms with Crippen molar-refractivity contribution in [1.29, 1.82) is 0 Å². The average Bonchev–Trinajstić information content (AvgIpc) is 2.38. The highest BCUT2D eigenvalue weighted by Gasteiger charge is 2.01. The van der Waals surface area contributed by atoms with Gasteiger partial charge in [0.05, 0.1) is 17.4 Å². The van der Waals surface area contributed by atoms with Crippen molar-refractivity contribution >= 4 is 6.21 Å². The Bertz CT molecular complexity index is 451. The van der Waals surface area contributed by atoms with Crippen LogP contribution in [0.5, 0.6) is 0 Å². The summed E-state index contributed by atoms with van der Waals surface area (Å²) < 4.78 is 0. The smallest absolute Gasteiger partial charge is 0.0892 e. The van der Waals surface area contributed by atoms with Crippen molar-refractivity contribution in [3.63, 3.8) is 0 Å². The maximum absolute atomic E-state index is 4.41. The zero-order valence-corrected chi connectivity index (χ0v) is 9.12. The van der Waals surface area contributed by atoms with Gasteiger partial charge in [0.2, 0.25) is 0 Å². The second kappa shape index (κ2) is 5.16. The van der Waals surface area contributed by atoms with E-state index in [1.54, 1.807) is 18.6 Å². The van der Waals surface area contributed by atoms with Crippen LogP contribution in [0.4, 0.5) is 0 Å². The molecule has 0 aliphatic heterocycles. The fourth-order valence-electron chi connectivity index (χ4n) is 1.34. The molecule has 0 radical (unpaired) electrons. The molecule has 2 rings (SSSR count). The Balaban J connectivity index is 2.08. The summed E-state index contributed by atoms with van der Waals surface area (Å²) in [5.74, 6) is 0. The third-order valence-electron chi connectivity index (χ3n) is 2.23. The van der Waals surface area contributed by atoms with Crippen molar-refractivity contribution in [2.75, 3.05) is 0 Å². The van der Waals surface area contributed by atoms with Gasteiger partial charge in [-0.3, -0.25) is 15.0 Å². The van der Waals surface area contributed by atoms with Crippen LogP contribution in [0.3, 0.4) is 0 Å². The zero-order valence-electron chi connectivity index (χ0n) is 9.12. The predicted molar refractivity (Wildman–Crippen MR) is 64.5 cm³/mol. The quantitative estimate of drug-likeness (QED) is 0.732. The van der Waals surface area contributed by atoms with Crippen LogP contribution in [-0.2, 0) is 0 Å². The van der Waals surface area contributed by atoms with E-state index >= 15 is 0 Å². The van der Waals surface area contributed by atoms with E-state index in [-0.39, 0.29) is 6.04 Å². The minimum Gasteiger partial charge on any atom is -0.282 e. The molecule has 0 N–H and O–H groups in total. The summed E-state index contributed by atoms with van der Waals surface area (Å²) in [6.07, 6.45) is 5.31. The molecule has 0 spiro atoms. The van der Waals surface area contributed by atoms with E-state index in [4.69, 9.17) is 0 Å². The molecule has 3 nitrogen and oxygen atoms in total. The molecule has 0 saturated heterocycles. The molecular formula is C13H13N3. The summed E-state index contributed by atoms with van der Waals surface area (Å²) in [4.78, 5) is 12.8. The Kier molecular flexibility index (Phi) is 3.38. The van der Waals surface area contributed by atoms with E-state index in [0.717, 1.165) is 11.4 Å². The van der Waals surface area contributed by atoms with Gasteiger partial charge < -0.3 is 0 Å². The van der Waals surface area contributed by atoms with Crippen LogP contribution in [0.25, 0.3) is 0 Å². The molecule has 0 fully saturated rings. The van der Waals surface area contributed by atoms with E-state index in [0.29, 0.717) is 0 Å². The van der Waals surface area contributed by atoms with Crippen molar-refractivity contribution in [3.8, 4) is 0 Å². The summed E-state index contributed by atoms with van der Waals surface area (Å²) in [6.45, 7) is 2.02. The van der Waals surface area contributed by atoms with E-state index in [9.17, 15) is 0 Å². The number of aliphatic imine (C=N–C) groups is 1. The molecule has 0 unspecified atom stereocenters. The van der Waals surface area contributed by atoms with Gasteiger partial charge in [0.1, 0.15) is 0 Å². The minimum atomic E-state index is 0.0585. The molecule has 0 saturated carbocycles. The van der Waals surface area contributed by atoms with Gasteiger partial charge in [0, 0.05) is 18.6 Å². The van der Waals surface area contributed by atoms with Crippen molar-refractivity contribution in [2.45, 2.75) is 13.0 Å². The van der Waals surface area contributed by atoms with E-state index < -0.39 is 0 Å². The first-order valence-corrected chi connectivity index (χ1v) is 5.21. The number of hydrogen-bond acceptors (Lipinski definition) is 3. The Hall–Kier alpha value is -2.03. The maximum Gasteiger partial charge on any atom is 0.0892 e. The first-order chi connectivity index (χ1) is 7.86.